The fourth-order valence-corrected chi connectivity index (χ4v) is 3.45. The van der Waals surface area contributed by atoms with Crippen LogP contribution < -0.4 is 5.32 Å². The van der Waals surface area contributed by atoms with Crippen LogP contribution >= 0.6 is 0 Å². The number of carbonyl (C=O) groups is 3. The molecule has 0 saturated carbocycles. The van der Waals surface area contributed by atoms with Gasteiger partial charge in [-0.2, -0.15) is 0 Å². The summed E-state index contributed by atoms with van der Waals surface area (Å²) in [5, 5.41) is 21.4. The number of likely N-dealkylation sites (tertiary alicyclic amines) is 1. The minimum Gasteiger partial charge on any atom is -0.508 e. The Hall–Kier alpha value is -3.55. The second-order valence-corrected chi connectivity index (χ2v) is 6.68. The summed E-state index contributed by atoms with van der Waals surface area (Å²) >= 11 is 0. The third-order valence-corrected chi connectivity index (χ3v) is 5.00. The number of nitrogens with zero attached hydrogens (tertiary/aromatic N) is 2. The molecule has 2 aromatic carbocycles. The molecular formula is C19H17N3O5. The van der Waals surface area contributed by atoms with Gasteiger partial charge in [0.2, 0.25) is 0 Å². The fourth-order valence-electron chi connectivity index (χ4n) is 3.45. The van der Waals surface area contributed by atoms with Crippen molar-refractivity contribution in [3.05, 3.63) is 59.7 Å². The molecule has 3 N–H and O–H groups in total. The maximum Gasteiger partial charge on any atom is 0.256 e. The van der Waals surface area contributed by atoms with Crippen LogP contribution in [0.25, 0.3) is 0 Å². The Morgan fingerprint density at radius 3 is 1.85 bits per heavy atom. The molecule has 8 nitrogen and oxygen atoms in total. The van der Waals surface area contributed by atoms with Gasteiger partial charge in [0.15, 0.2) is 5.54 Å². The van der Waals surface area contributed by atoms with Gasteiger partial charge in [0.05, 0.1) is 19.8 Å². The number of aromatic hydroxyl groups is 2. The van der Waals surface area contributed by atoms with E-state index >= 15 is 0 Å². The SMILES string of the molecule is O=C(c1ccc(O)cc1)N1CC2(C1)C(=O)NCN2C(=O)c1ccc(O)cc1. The van der Waals surface area contributed by atoms with Gasteiger partial charge in [-0.3, -0.25) is 14.4 Å². The van der Waals surface area contributed by atoms with Gasteiger partial charge in [0, 0.05) is 11.1 Å². The lowest BCUT2D eigenvalue weighted by Gasteiger charge is -2.49. The molecule has 2 aliphatic heterocycles. The zero-order chi connectivity index (χ0) is 19.2. The molecule has 0 bridgehead atoms. The fraction of sp³-hybridized carbons (Fsp3) is 0.211. The summed E-state index contributed by atoms with van der Waals surface area (Å²) in [6.45, 7) is 0.268. The van der Waals surface area contributed by atoms with Gasteiger partial charge < -0.3 is 25.3 Å². The maximum atomic E-state index is 12.8. The molecule has 3 amide bonds. The average molecular weight is 367 g/mol. The van der Waals surface area contributed by atoms with E-state index in [2.05, 4.69) is 5.32 Å². The van der Waals surface area contributed by atoms with Crippen molar-refractivity contribution in [1.29, 1.82) is 0 Å². The Bertz CT molecular complexity index is 917. The minimum atomic E-state index is -1.08. The quantitative estimate of drug-likeness (QED) is 0.717. The highest BCUT2D eigenvalue weighted by molar-refractivity contribution is 6.04. The van der Waals surface area contributed by atoms with E-state index in [1.165, 1.54) is 58.3 Å². The van der Waals surface area contributed by atoms with Gasteiger partial charge in [-0.1, -0.05) is 0 Å². The largest absolute Gasteiger partial charge is 0.508 e. The minimum absolute atomic E-state index is 0.0474. The summed E-state index contributed by atoms with van der Waals surface area (Å²) in [7, 11) is 0. The van der Waals surface area contributed by atoms with Crippen LogP contribution in [0.4, 0.5) is 0 Å². The average Bonchev–Trinajstić information content (AvgIpc) is 2.98. The van der Waals surface area contributed by atoms with Crippen molar-refractivity contribution >= 4 is 17.7 Å². The van der Waals surface area contributed by atoms with Crippen LogP contribution in [0.3, 0.4) is 0 Å². The molecule has 4 rings (SSSR count). The van der Waals surface area contributed by atoms with E-state index in [1.807, 2.05) is 0 Å². The Kier molecular flexibility index (Phi) is 3.76. The third-order valence-electron chi connectivity index (χ3n) is 5.00. The topological polar surface area (TPSA) is 110 Å². The molecule has 0 unspecified atom stereocenters. The van der Waals surface area contributed by atoms with E-state index in [0.717, 1.165) is 0 Å². The first-order chi connectivity index (χ1) is 12.9. The standard InChI is InChI=1S/C19H17N3O5/c23-14-5-1-12(2-6-14)16(25)21-9-19(10-21)18(27)20-11-22(19)17(26)13-3-7-15(24)8-4-13/h1-8,23-24H,9-11H2,(H,20,27). The van der Waals surface area contributed by atoms with Crippen molar-refractivity contribution in [1.82, 2.24) is 15.1 Å². The number of phenolic OH excluding ortho intramolecular Hbond substituents is 2. The lowest BCUT2D eigenvalue weighted by atomic mass is 9.87. The first-order valence-electron chi connectivity index (χ1n) is 8.38. The van der Waals surface area contributed by atoms with Gasteiger partial charge in [-0.05, 0) is 48.5 Å². The summed E-state index contributed by atoms with van der Waals surface area (Å²) in [4.78, 5) is 40.7. The number of benzene rings is 2. The Morgan fingerprint density at radius 2 is 1.33 bits per heavy atom. The monoisotopic (exact) mass is 367 g/mol. The van der Waals surface area contributed by atoms with Crippen LogP contribution in [0.5, 0.6) is 11.5 Å². The molecule has 2 aliphatic rings. The maximum absolute atomic E-state index is 12.8. The van der Waals surface area contributed by atoms with Crippen LogP contribution in [0.1, 0.15) is 20.7 Å². The van der Waals surface area contributed by atoms with E-state index in [4.69, 9.17) is 0 Å². The number of nitrogens with one attached hydrogen (secondary N) is 1. The van der Waals surface area contributed by atoms with E-state index in [-0.39, 0.29) is 49.0 Å². The van der Waals surface area contributed by atoms with Crippen LogP contribution in [-0.4, -0.2) is 63.0 Å². The molecule has 0 atom stereocenters. The van der Waals surface area contributed by atoms with Crippen molar-refractivity contribution in [2.75, 3.05) is 19.8 Å². The third kappa shape index (κ3) is 2.66. The van der Waals surface area contributed by atoms with Crippen molar-refractivity contribution in [3.63, 3.8) is 0 Å². The number of amides is 3. The second-order valence-electron chi connectivity index (χ2n) is 6.68. The highest BCUT2D eigenvalue weighted by Gasteiger charge is 2.59. The molecule has 0 aromatic heterocycles. The molecule has 0 radical (unpaired) electrons. The predicted molar refractivity (Wildman–Crippen MR) is 94.0 cm³/mol. The first kappa shape index (κ1) is 16.9. The zero-order valence-corrected chi connectivity index (χ0v) is 14.3. The Morgan fingerprint density at radius 1 is 0.852 bits per heavy atom. The van der Waals surface area contributed by atoms with Crippen molar-refractivity contribution < 1.29 is 24.6 Å². The smallest absolute Gasteiger partial charge is 0.256 e. The normalized spacial score (nSPS) is 17.6. The van der Waals surface area contributed by atoms with Gasteiger partial charge in [-0.15, -0.1) is 0 Å². The Balaban J connectivity index is 1.53. The lowest BCUT2D eigenvalue weighted by molar-refractivity contribution is -0.132. The molecule has 2 aromatic rings. The number of carbonyl (C=O) groups excluding carboxylic acids is 3. The van der Waals surface area contributed by atoms with Crippen LogP contribution in [0.15, 0.2) is 48.5 Å². The van der Waals surface area contributed by atoms with Crippen LogP contribution in [0, 0.1) is 0 Å². The number of hydrogen-bond acceptors (Lipinski definition) is 5. The van der Waals surface area contributed by atoms with Crippen molar-refractivity contribution in [2.24, 2.45) is 0 Å². The van der Waals surface area contributed by atoms with Gasteiger partial charge in [0.25, 0.3) is 17.7 Å². The van der Waals surface area contributed by atoms with Gasteiger partial charge >= 0.3 is 0 Å². The number of phenols is 2. The zero-order valence-electron chi connectivity index (χ0n) is 14.3. The lowest BCUT2D eigenvalue weighted by Crippen LogP contribution is -2.73. The summed E-state index contributed by atoms with van der Waals surface area (Å²) in [6.07, 6.45) is 0. The molecule has 1 spiro atoms. The summed E-state index contributed by atoms with van der Waals surface area (Å²) in [6, 6.07) is 11.7. The molecular weight excluding hydrogens is 350 g/mol. The van der Waals surface area contributed by atoms with Crippen molar-refractivity contribution in [2.45, 2.75) is 5.54 Å². The molecule has 2 heterocycles. The van der Waals surface area contributed by atoms with Gasteiger partial charge in [-0.25, -0.2) is 0 Å². The highest BCUT2D eigenvalue weighted by atomic mass is 16.3. The second kappa shape index (κ2) is 6.01. The predicted octanol–water partition coefficient (Wildman–Crippen LogP) is 0.522. The number of hydrogen-bond donors (Lipinski definition) is 3. The molecule has 27 heavy (non-hydrogen) atoms. The van der Waals surface area contributed by atoms with E-state index in [0.29, 0.717) is 11.1 Å². The number of rotatable bonds is 2. The van der Waals surface area contributed by atoms with E-state index in [1.54, 1.807) is 0 Å². The van der Waals surface area contributed by atoms with Crippen LogP contribution in [-0.2, 0) is 4.79 Å². The van der Waals surface area contributed by atoms with Crippen LogP contribution in [0.2, 0.25) is 0 Å². The summed E-state index contributed by atoms with van der Waals surface area (Å²) in [5.74, 6) is -0.787. The highest BCUT2D eigenvalue weighted by Crippen LogP contribution is 2.34. The van der Waals surface area contributed by atoms with Gasteiger partial charge in [0.1, 0.15) is 11.5 Å². The van der Waals surface area contributed by atoms with Crippen molar-refractivity contribution in [3.8, 4) is 11.5 Å². The van der Waals surface area contributed by atoms with E-state index < -0.39 is 5.54 Å². The molecule has 2 saturated heterocycles. The molecule has 8 heteroatoms. The molecule has 0 aliphatic carbocycles. The first-order valence-corrected chi connectivity index (χ1v) is 8.38. The Labute approximate surface area is 154 Å². The summed E-state index contributed by atoms with van der Waals surface area (Å²) in [5.41, 5.74) is -0.328. The van der Waals surface area contributed by atoms with E-state index in [9.17, 15) is 24.6 Å². The summed E-state index contributed by atoms with van der Waals surface area (Å²) < 4.78 is 0. The molecule has 2 fully saturated rings. The molecule has 138 valence electrons.